The standard InChI is InChI=1S/C18H14ClFN2O3S2/c19-13-7-6-12(8-14(13)20)22-15-9-27(24,25)10-16(15)26-18(22)21-17(23)11-4-2-1-3-5-11/h1-8,15-16H,9-10H2. The normalized spacial score (nSPS) is 25.0. The molecule has 4 rings (SSSR count). The second kappa shape index (κ2) is 6.92. The monoisotopic (exact) mass is 424 g/mol. The minimum atomic E-state index is -3.19. The summed E-state index contributed by atoms with van der Waals surface area (Å²) in [5, 5.41) is 0.0894. The molecule has 0 aliphatic carbocycles. The summed E-state index contributed by atoms with van der Waals surface area (Å²) in [5.74, 6) is -1.10. The Hall–Kier alpha value is -1.90. The van der Waals surface area contributed by atoms with Gasteiger partial charge in [-0.05, 0) is 30.3 Å². The Labute approximate surface area is 165 Å². The highest BCUT2D eigenvalue weighted by atomic mass is 35.5. The van der Waals surface area contributed by atoms with E-state index >= 15 is 0 Å². The Morgan fingerprint density at radius 1 is 1.19 bits per heavy atom. The summed E-state index contributed by atoms with van der Waals surface area (Å²) in [5.41, 5.74) is 0.853. The highest BCUT2D eigenvalue weighted by Crippen LogP contribution is 2.41. The molecule has 0 bridgehead atoms. The lowest BCUT2D eigenvalue weighted by Crippen LogP contribution is -2.37. The SMILES string of the molecule is O=C(N=C1SC2CS(=O)(=O)CC2N1c1ccc(Cl)c(F)c1)c1ccccc1. The van der Waals surface area contributed by atoms with Crippen molar-refractivity contribution in [2.75, 3.05) is 16.4 Å². The third kappa shape index (κ3) is 3.61. The van der Waals surface area contributed by atoms with E-state index in [1.807, 2.05) is 0 Å². The molecule has 2 unspecified atom stereocenters. The largest absolute Gasteiger partial charge is 0.315 e. The number of anilines is 1. The summed E-state index contributed by atoms with van der Waals surface area (Å²) in [6.45, 7) is 0. The van der Waals surface area contributed by atoms with E-state index in [-0.39, 0.29) is 21.8 Å². The zero-order valence-corrected chi connectivity index (χ0v) is 16.3. The minimum absolute atomic E-state index is 0.00739. The van der Waals surface area contributed by atoms with E-state index in [9.17, 15) is 17.6 Å². The fraction of sp³-hybridized carbons (Fsp3) is 0.222. The number of halogens is 2. The Bertz CT molecular complexity index is 1040. The van der Waals surface area contributed by atoms with E-state index in [0.717, 1.165) is 0 Å². The molecule has 0 radical (unpaired) electrons. The van der Waals surface area contributed by atoms with Gasteiger partial charge in [-0.2, -0.15) is 4.99 Å². The van der Waals surface area contributed by atoms with Crippen molar-refractivity contribution in [1.29, 1.82) is 0 Å². The molecule has 0 spiro atoms. The van der Waals surface area contributed by atoms with Crippen LogP contribution in [0.2, 0.25) is 5.02 Å². The van der Waals surface area contributed by atoms with Gasteiger partial charge in [0.1, 0.15) is 5.82 Å². The first-order valence-electron chi connectivity index (χ1n) is 8.13. The molecule has 2 aromatic rings. The van der Waals surface area contributed by atoms with E-state index in [1.165, 1.54) is 23.9 Å². The van der Waals surface area contributed by atoms with E-state index in [1.54, 1.807) is 41.3 Å². The van der Waals surface area contributed by atoms with Crippen molar-refractivity contribution in [3.05, 3.63) is 64.9 Å². The number of hydrogen-bond acceptors (Lipinski definition) is 4. The van der Waals surface area contributed by atoms with Crippen molar-refractivity contribution in [2.45, 2.75) is 11.3 Å². The smallest absolute Gasteiger partial charge is 0.279 e. The van der Waals surface area contributed by atoms with Crippen molar-refractivity contribution < 1.29 is 17.6 Å². The lowest BCUT2D eigenvalue weighted by Gasteiger charge is -2.24. The molecule has 5 nitrogen and oxygen atoms in total. The molecule has 0 aromatic heterocycles. The number of aliphatic imine (C=N–C) groups is 1. The van der Waals surface area contributed by atoms with Crippen LogP contribution in [0.25, 0.3) is 0 Å². The lowest BCUT2D eigenvalue weighted by molar-refractivity contribution is 0.100. The number of nitrogens with zero attached hydrogens (tertiary/aromatic N) is 2. The third-order valence-corrected chi connectivity index (χ3v) is 7.98. The molecule has 2 atom stereocenters. The summed E-state index contributed by atoms with van der Waals surface area (Å²) in [6.07, 6.45) is 0. The molecule has 2 saturated heterocycles. The summed E-state index contributed by atoms with van der Waals surface area (Å²) in [4.78, 5) is 18.3. The zero-order valence-electron chi connectivity index (χ0n) is 13.9. The average molecular weight is 425 g/mol. The van der Waals surface area contributed by atoms with Gasteiger partial charge >= 0.3 is 0 Å². The Balaban J connectivity index is 1.75. The van der Waals surface area contributed by atoms with E-state index < -0.39 is 27.6 Å². The highest BCUT2D eigenvalue weighted by Gasteiger charge is 2.49. The quantitative estimate of drug-likeness (QED) is 0.739. The van der Waals surface area contributed by atoms with Crippen LogP contribution in [0.15, 0.2) is 53.5 Å². The average Bonchev–Trinajstić information content (AvgIpc) is 3.09. The summed E-state index contributed by atoms with van der Waals surface area (Å²) < 4.78 is 38.1. The summed E-state index contributed by atoms with van der Waals surface area (Å²) in [7, 11) is -3.19. The van der Waals surface area contributed by atoms with Crippen LogP contribution in [-0.4, -0.2) is 42.3 Å². The number of carbonyl (C=O) groups excluding carboxylic acids is 1. The predicted octanol–water partition coefficient (Wildman–Crippen LogP) is 3.39. The van der Waals surface area contributed by atoms with Crippen LogP contribution in [0, 0.1) is 5.82 Å². The van der Waals surface area contributed by atoms with Crippen LogP contribution in [0.3, 0.4) is 0 Å². The van der Waals surface area contributed by atoms with E-state index in [0.29, 0.717) is 16.4 Å². The number of hydrogen-bond donors (Lipinski definition) is 0. The first-order chi connectivity index (χ1) is 12.8. The summed E-state index contributed by atoms with van der Waals surface area (Å²) in [6, 6.07) is 12.4. The molecule has 2 fully saturated rings. The maximum atomic E-state index is 14.0. The van der Waals surface area contributed by atoms with Gasteiger partial charge in [0.05, 0.1) is 22.6 Å². The van der Waals surface area contributed by atoms with Crippen LogP contribution in [0.4, 0.5) is 10.1 Å². The van der Waals surface area contributed by atoms with Crippen LogP contribution in [0.1, 0.15) is 10.4 Å². The number of amides is 1. The van der Waals surface area contributed by atoms with Crippen molar-refractivity contribution in [3.8, 4) is 0 Å². The zero-order chi connectivity index (χ0) is 19.2. The Morgan fingerprint density at radius 3 is 2.63 bits per heavy atom. The van der Waals surface area contributed by atoms with Gasteiger partial charge in [-0.1, -0.05) is 41.6 Å². The molecule has 27 heavy (non-hydrogen) atoms. The molecule has 0 saturated carbocycles. The van der Waals surface area contributed by atoms with Gasteiger partial charge in [-0.15, -0.1) is 0 Å². The molecule has 1 amide bonds. The van der Waals surface area contributed by atoms with Gasteiger partial charge in [-0.3, -0.25) is 4.79 Å². The number of amidine groups is 1. The fourth-order valence-electron chi connectivity index (χ4n) is 3.23. The second-order valence-electron chi connectivity index (χ2n) is 6.33. The number of fused-ring (bicyclic) bond motifs is 1. The van der Waals surface area contributed by atoms with Crippen molar-refractivity contribution in [1.82, 2.24) is 0 Å². The summed E-state index contributed by atoms with van der Waals surface area (Å²) >= 11 is 7.01. The predicted molar refractivity (Wildman–Crippen MR) is 106 cm³/mol. The van der Waals surface area contributed by atoms with E-state index in [4.69, 9.17) is 11.6 Å². The van der Waals surface area contributed by atoms with Gasteiger partial charge in [0.2, 0.25) is 0 Å². The Morgan fingerprint density at radius 2 is 1.93 bits per heavy atom. The molecule has 9 heteroatoms. The number of sulfone groups is 1. The topological polar surface area (TPSA) is 66.8 Å². The molecule has 140 valence electrons. The van der Waals surface area contributed by atoms with Crippen LogP contribution in [-0.2, 0) is 9.84 Å². The third-order valence-electron chi connectivity index (χ3n) is 4.47. The number of rotatable bonds is 2. The minimum Gasteiger partial charge on any atom is -0.315 e. The fourth-order valence-corrected chi connectivity index (χ4v) is 7.26. The second-order valence-corrected chi connectivity index (χ2v) is 10.1. The van der Waals surface area contributed by atoms with E-state index in [2.05, 4.69) is 4.99 Å². The maximum absolute atomic E-state index is 14.0. The van der Waals surface area contributed by atoms with Gasteiger partial charge in [0, 0.05) is 16.5 Å². The molecular weight excluding hydrogens is 411 g/mol. The van der Waals surface area contributed by atoms with Crippen LogP contribution >= 0.6 is 23.4 Å². The molecule has 2 aromatic carbocycles. The molecule has 2 heterocycles. The highest BCUT2D eigenvalue weighted by molar-refractivity contribution is 8.16. The number of carbonyl (C=O) groups is 1. The van der Waals surface area contributed by atoms with Crippen molar-refractivity contribution in [3.63, 3.8) is 0 Å². The van der Waals surface area contributed by atoms with Crippen LogP contribution in [0.5, 0.6) is 0 Å². The number of thioether (sulfide) groups is 1. The van der Waals surface area contributed by atoms with Crippen molar-refractivity contribution in [2.24, 2.45) is 4.99 Å². The van der Waals surface area contributed by atoms with Gasteiger partial charge < -0.3 is 4.90 Å². The molecule has 2 aliphatic heterocycles. The van der Waals surface area contributed by atoms with Crippen molar-refractivity contribution >= 4 is 50.0 Å². The van der Waals surface area contributed by atoms with Gasteiger partial charge in [-0.25, -0.2) is 12.8 Å². The first-order valence-corrected chi connectivity index (χ1v) is 11.2. The maximum Gasteiger partial charge on any atom is 0.279 e. The van der Waals surface area contributed by atoms with Gasteiger partial charge in [0.25, 0.3) is 5.91 Å². The van der Waals surface area contributed by atoms with Crippen LogP contribution < -0.4 is 4.90 Å². The molecular formula is C18H14ClFN2O3S2. The first kappa shape index (κ1) is 18.5. The van der Waals surface area contributed by atoms with Gasteiger partial charge in [0.15, 0.2) is 15.0 Å². The lowest BCUT2D eigenvalue weighted by atomic mass is 10.2. The Kier molecular flexibility index (Phi) is 4.73. The molecule has 0 N–H and O–H groups in total. The molecule has 2 aliphatic rings. The number of benzene rings is 2.